The van der Waals surface area contributed by atoms with Gasteiger partial charge in [0.05, 0.1) is 17.1 Å². The zero-order valence-electron chi connectivity index (χ0n) is 13.6. The summed E-state index contributed by atoms with van der Waals surface area (Å²) in [7, 11) is -2.86. The Morgan fingerprint density at radius 3 is 2.43 bits per heavy atom. The van der Waals surface area contributed by atoms with Crippen LogP contribution in [0.25, 0.3) is 0 Å². The Hall–Kier alpha value is -0.130. The van der Waals surface area contributed by atoms with Crippen LogP contribution in [0.5, 0.6) is 0 Å². The average Bonchev–Trinajstić information content (AvgIpc) is 2.79. The van der Waals surface area contributed by atoms with Crippen molar-refractivity contribution in [2.24, 2.45) is 5.92 Å². The molecule has 0 bridgehead atoms. The lowest BCUT2D eigenvalue weighted by Gasteiger charge is -2.40. The summed E-state index contributed by atoms with van der Waals surface area (Å²) in [5, 5.41) is 10.9. The fourth-order valence-corrected chi connectivity index (χ4v) is 5.41. The Morgan fingerprint density at radius 1 is 1.24 bits per heavy atom. The first-order valence-corrected chi connectivity index (χ1v) is 10.3. The molecule has 1 N–H and O–H groups in total. The molecule has 1 saturated carbocycles. The van der Waals surface area contributed by atoms with E-state index in [-0.39, 0.29) is 11.8 Å². The third-order valence-corrected chi connectivity index (χ3v) is 6.98. The lowest BCUT2D eigenvalue weighted by molar-refractivity contribution is -0.0422. The van der Waals surface area contributed by atoms with Crippen LogP contribution in [-0.4, -0.2) is 54.7 Å². The number of hydrogen-bond acceptors (Lipinski definition) is 4. The first-order chi connectivity index (χ1) is 9.84. The fourth-order valence-electron chi connectivity index (χ4n) is 3.65. The van der Waals surface area contributed by atoms with Gasteiger partial charge >= 0.3 is 0 Å². The molecule has 1 heterocycles. The Balaban J connectivity index is 1.99. The monoisotopic (exact) mass is 317 g/mol. The van der Waals surface area contributed by atoms with Crippen LogP contribution in [0.15, 0.2) is 0 Å². The molecular formula is C16H31NO3S. The second-order valence-corrected chi connectivity index (χ2v) is 9.52. The van der Waals surface area contributed by atoms with Crippen LogP contribution in [0.4, 0.5) is 0 Å². The van der Waals surface area contributed by atoms with E-state index in [1.165, 1.54) is 0 Å². The van der Waals surface area contributed by atoms with Crippen LogP contribution in [0.2, 0.25) is 0 Å². The van der Waals surface area contributed by atoms with Gasteiger partial charge in [0.25, 0.3) is 0 Å². The van der Waals surface area contributed by atoms with Gasteiger partial charge in [0.1, 0.15) is 0 Å². The quantitative estimate of drug-likeness (QED) is 0.816. The smallest absolute Gasteiger partial charge is 0.151 e. The van der Waals surface area contributed by atoms with Gasteiger partial charge in [-0.3, -0.25) is 4.90 Å². The van der Waals surface area contributed by atoms with Crippen molar-refractivity contribution in [1.82, 2.24) is 4.90 Å². The number of nitrogens with zero attached hydrogens (tertiary/aromatic N) is 1. The number of rotatable bonds is 6. The Morgan fingerprint density at radius 2 is 1.90 bits per heavy atom. The summed E-state index contributed by atoms with van der Waals surface area (Å²) >= 11 is 0. The summed E-state index contributed by atoms with van der Waals surface area (Å²) in [4.78, 5) is 2.27. The number of aliphatic hydroxyl groups is 1. The van der Waals surface area contributed by atoms with E-state index in [2.05, 4.69) is 18.7 Å². The number of hydrogen-bond donors (Lipinski definition) is 1. The molecule has 1 atom stereocenters. The maximum Gasteiger partial charge on any atom is 0.151 e. The van der Waals surface area contributed by atoms with E-state index in [4.69, 9.17) is 0 Å². The topological polar surface area (TPSA) is 57.6 Å². The van der Waals surface area contributed by atoms with Crippen LogP contribution in [0.1, 0.15) is 58.8 Å². The van der Waals surface area contributed by atoms with Crippen molar-refractivity contribution in [3.63, 3.8) is 0 Å². The van der Waals surface area contributed by atoms with Gasteiger partial charge in [0.15, 0.2) is 9.84 Å². The van der Waals surface area contributed by atoms with Crippen LogP contribution >= 0.6 is 0 Å². The normalized spacial score (nSPS) is 36.2. The number of unbranched alkanes of at least 4 members (excludes halogenated alkanes) is 1. The molecule has 0 aromatic rings. The highest BCUT2D eigenvalue weighted by molar-refractivity contribution is 7.91. The molecule has 4 nitrogen and oxygen atoms in total. The molecule has 0 amide bonds. The molecule has 2 aliphatic rings. The van der Waals surface area contributed by atoms with Gasteiger partial charge in [-0.1, -0.05) is 20.3 Å². The molecular weight excluding hydrogens is 286 g/mol. The van der Waals surface area contributed by atoms with E-state index in [1.807, 2.05) is 0 Å². The molecule has 1 aliphatic carbocycles. The van der Waals surface area contributed by atoms with Crippen LogP contribution in [0, 0.1) is 5.92 Å². The summed E-state index contributed by atoms with van der Waals surface area (Å²) < 4.78 is 23.5. The van der Waals surface area contributed by atoms with Gasteiger partial charge in [-0.15, -0.1) is 0 Å². The first kappa shape index (κ1) is 17.2. The standard InChI is InChI=1S/C16H31NO3S/c1-3-4-10-17(15-7-11-21(19,20)12-15)13-16(18)8-5-14(2)6-9-16/h14-15,18H,3-13H2,1-2H3. The molecule has 1 saturated heterocycles. The highest BCUT2D eigenvalue weighted by Crippen LogP contribution is 2.33. The largest absolute Gasteiger partial charge is 0.389 e. The number of sulfone groups is 1. The first-order valence-electron chi connectivity index (χ1n) is 8.50. The molecule has 0 aromatic heterocycles. The molecule has 2 rings (SSSR count). The molecule has 0 radical (unpaired) electrons. The molecule has 1 aliphatic heterocycles. The molecule has 0 aromatic carbocycles. The van der Waals surface area contributed by atoms with Crippen molar-refractivity contribution >= 4 is 9.84 Å². The van der Waals surface area contributed by atoms with Crippen LogP contribution < -0.4 is 0 Å². The summed E-state index contributed by atoms with van der Waals surface area (Å²) in [5.74, 6) is 1.31. The van der Waals surface area contributed by atoms with E-state index in [9.17, 15) is 13.5 Å². The Bertz CT molecular complexity index is 427. The van der Waals surface area contributed by atoms with Crippen LogP contribution in [0.3, 0.4) is 0 Å². The lowest BCUT2D eigenvalue weighted by atomic mass is 9.79. The zero-order chi connectivity index (χ0) is 15.5. The molecule has 0 spiro atoms. The predicted molar refractivity (Wildman–Crippen MR) is 86.1 cm³/mol. The van der Waals surface area contributed by atoms with Gasteiger partial charge in [-0.05, 0) is 51.0 Å². The predicted octanol–water partition coefficient (Wildman–Crippen LogP) is 2.22. The van der Waals surface area contributed by atoms with E-state index in [0.717, 1.165) is 51.5 Å². The van der Waals surface area contributed by atoms with Gasteiger partial charge in [-0.25, -0.2) is 8.42 Å². The average molecular weight is 317 g/mol. The SMILES string of the molecule is CCCCN(CC1(O)CCC(C)CC1)C1CCS(=O)(=O)C1. The summed E-state index contributed by atoms with van der Waals surface area (Å²) in [5.41, 5.74) is -0.605. The van der Waals surface area contributed by atoms with Gasteiger partial charge < -0.3 is 5.11 Å². The summed E-state index contributed by atoms with van der Waals surface area (Å²) in [6.45, 7) is 5.97. The third-order valence-electron chi connectivity index (χ3n) is 5.23. The van der Waals surface area contributed by atoms with Crippen LogP contribution in [-0.2, 0) is 9.84 Å². The van der Waals surface area contributed by atoms with E-state index < -0.39 is 15.4 Å². The summed E-state index contributed by atoms with van der Waals surface area (Å²) in [6, 6.07) is 0.116. The fraction of sp³-hybridized carbons (Fsp3) is 1.00. The molecule has 124 valence electrons. The maximum atomic E-state index is 11.7. The van der Waals surface area contributed by atoms with Gasteiger partial charge in [0.2, 0.25) is 0 Å². The highest BCUT2D eigenvalue weighted by Gasteiger charge is 2.38. The van der Waals surface area contributed by atoms with Gasteiger partial charge in [0, 0.05) is 12.6 Å². The van der Waals surface area contributed by atoms with E-state index in [0.29, 0.717) is 18.2 Å². The van der Waals surface area contributed by atoms with Crippen molar-refractivity contribution < 1.29 is 13.5 Å². The summed E-state index contributed by atoms with van der Waals surface area (Å²) in [6.07, 6.45) is 6.79. The third kappa shape index (κ3) is 4.93. The highest BCUT2D eigenvalue weighted by atomic mass is 32.2. The maximum absolute atomic E-state index is 11.7. The van der Waals surface area contributed by atoms with Crippen molar-refractivity contribution in [3.05, 3.63) is 0 Å². The van der Waals surface area contributed by atoms with E-state index >= 15 is 0 Å². The van der Waals surface area contributed by atoms with E-state index in [1.54, 1.807) is 0 Å². The molecule has 1 unspecified atom stereocenters. The van der Waals surface area contributed by atoms with Gasteiger partial charge in [-0.2, -0.15) is 0 Å². The van der Waals surface area contributed by atoms with Crippen molar-refractivity contribution in [3.8, 4) is 0 Å². The minimum atomic E-state index is -2.86. The second kappa shape index (κ2) is 6.97. The molecule has 2 fully saturated rings. The minimum Gasteiger partial charge on any atom is -0.389 e. The van der Waals surface area contributed by atoms with Crippen molar-refractivity contribution in [1.29, 1.82) is 0 Å². The van der Waals surface area contributed by atoms with Crippen molar-refractivity contribution in [2.75, 3.05) is 24.6 Å². The second-order valence-electron chi connectivity index (χ2n) is 7.29. The Labute approximate surface area is 129 Å². The Kier molecular flexibility index (Phi) is 5.71. The zero-order valence-corrected chi connectivity index (χ0v) is 14.4. The molecule has 21 heavy (non-hydrogen) atoms. The van der Waals surface area contributed by atoms with Crippen molar-refractivity contribution in [2.45, 2.75) is 70.4 Å². The lowest BCUT2D eigenvalue weighted by Crippen LogP contribution is -2.49. The molecule has 5 heteroatoms. The minimum absolute atomic E-state index is 0.116.